The van der Waals surface area contributed by atoms with Crippen molar-refractivity contribution in [2.75, 3.05) is 13.6 Å². The number of likely N-dealkylation sites (N-methyl/N-ethyl adjacent to an activating group) is 1. The maximum Gasteiger partial charge on any atom is 0.413 e. The molecule has 0 aromatic carbocycles. The molecule has 1 aliphatic rings. The zero-order chi connectivity index (χ0) is 12.3. The van der Waals surface area contributed by atoms with E-state index < -0.39 is 11.7 Å². The summed E-state index contributed by atoms with van der Waals surface area (Å²) in [5.41, 5.74) is 0.673. The molecule has 4 nitrogen and oxygen atoms in total. The fraction of sp³-hybridized carbons (Fsp3) is 0.583. The van der Waals surface area contributed by atoms with Gasteiger partial charge in [-0.2, -0.15) is 0 Å². The number of hydrogen-bond donors (Lipinski definition) is 1. The molecule has 0 aliphatic carbocycles. The second kappa shape index (κ2) is 4.60. The fourth-order valence-corrected chi connectivity index (χ4v) is 1.30. The van der Waals surface area contributed by atoms with Crippen molar-refractivity contribution in [2.45, 2.75) is 33.3 Å². The Morgan fingerprint density at radius 3 is 2.69 bits per heavy atom. The van der Waals surface area contributed by atoms with E-state index in [2.05, 4.69) is 11.4 Å². The van der Waals surface area contributed by atoms with E-state index in [0.717, 1.165) is 17.9 Å². The van der Waals surface area contributed by atoms with Crippen LogP contribution in [0.3, 0.4) is 0 Å². The van der Waals surface area contributed by atoms with E-state index >= 15 is 0 Å². The number of ether oxygens (including phenoxy) is 1. The van der Waals surface area contributed by atoms with Crippen LogP contribution in [0.2, 0.25) is 0 Å². The lowest BCUT2D eigenvalue weighted by atomic mass is 10.2. The first-order valence-electron chi connectivity index (χ1n) is 5.37. The van der Waals surface area contributed by atoms with Crippen LogP contribution in [0.5, 0.6) is 0 Å². The van der Waals surface area contributed by atoms with Crippen LogP contribution in [-0.4, -0.2) is 30.2 Å². The first-order valence-corrected chi connectivity index (χ1v) is 5.37. The Bertz CT molecular complexity index is 337. The van der Waals surface area contributed by atoms with Gasteiger partial charge in [0.15, 0.2) is 0 Å². The summed E-state index contributed by atoms with van der Waals surface area (Å²) in [4.78, 5) is 13.5. The van der Waals surface area contributed by atoms with Crippen molar-refractivity contribution in [3.8, 4) is 0 Å². The van der Waals surface area contributed by atoms with E-state index in [0.29, 0.717) is 0 Å². The summed E-state index contributed by atoms with van der Waals surface area (Å²) < 4.78 is 5.19. The molecule has 0 unspecified atom stereocenters. The van der Waals surface area contributed by atoms with Crippen LogP contribution in [-0.2, 0) is 4.74 Å². The van der Waals surface area contributed by atoms with Crippen LogP contribution < -0.4 is 5.32 Å². The van der Waals surface area contributed by atoms with Crippen LogP contribution in [0, 0.1) is 0 Å². The van der Waals surface area contributed by atoms with Crippen LogP contribution in [0.15, 0.2) is 23.5 Å². The van der Waals surface area contributed by atoms with Gasteiger partial charge in [0.05, 0.1) is 0 Å². The third-order valence-corrected chi connectivity index (χ3v) is 2.09. The third-order valence-electron chi connectivity index (χ3n) is 2.09. The standard InChI is InChI=1S/C12H20N2O2/c1-9-6-7-14(5)10(8-9)13-11(15)16-12(2,3)4/h6,8H,7H2,1-5H3,(H,13,15). The molecule has 0 aromatic heterocycles. The van der Waals surface area contributed by atoms with Gasteiger partial charge in [0.1, 0.15) is 11.4 Å². The molecule has 0 saturated heterocycles. The number of nitrogens with zero attached hydrogens (tertiary/aromatic N) is 1. The lowest BCUT2D eigenvalue weighted by Gasteiger charge is -2.27. The smallest absolute Gasteiger partial charge is 0.413 e. The highest BCUT2D eigenvalue weighted by atomic mass is 16.6. The van der Waals surface area contributed by atoms with Crippen molar-refractivity contribution in [1.82, 2.24) is 10.2 Å². The van der Waals surface area contributed by atoms with Gasteiger partial charge >= 0.3 is 6.09 Å². The first-order chi connectivity index (χ1) is 7.28. The topological polar surface area (TPSA) is 41.6 Å². The van der Waals surface area contributed by atoms with E-state index in [1.165, 1.54) is 0 Å². The van der Waals surface area contributed by atoms with Crippen LogP contribution in [0.1, 0.15) is 27.7 Å². The molecule has 0 aromatic rings. The summed E-state index contributed by atoms with van der Waals surface area (Å²) in [5, 5.41) is 2.74. The number of carbonyl (C=O) groups excluding carboxylic acids is 1. The molecule has 16 heavy (non-hydrogen) atoms. The van der Waals surface area contributed by atoms with E-state index in [9.17, 15) is 4.79 Å². The summed E-state index contributed by atoms with van der Waals surface area (Å²) in [5.74, 6) is 0.772. The Morgan fingerprint density at radius 1 is 1.50 bits per heavy atom. The maximum absolute atomic E-state index is 11.6. The van der Waals surface area contributed by atoms with Crippen molar-refractivity contribution >= 4 is 6.09 Å². The highest BCUT2D eigenvalue weighted by Gasteiger charge is 2.18. The molecule has 1 aliphatic heterocycles. The monoisotopic (exact) mass is 224 g/mol. The van der Waals surface area contributed by atoms with Gasteiger partial charge in [-0.15, -0.1) is 0 Å². The molecule has 0 saturated carbocycles. The average Bonchev–Trinajstić information content (AvgIpc) is 2.08. The van der Waals surface area contributed by atoms with Crippen molar-refractivity contribution in [3.63, 3.8) is 0 Å². The average molecular weight is 224 g/mol. The SMILES string of the molecule is CC1=CCN(C)C(NC(=O)OC(C)(C)C)=C1. The fourth-order valence-electron chi connectivity index (χ4n) is 1.30. The molecule has 0 fully saturated rings. The van der Waals surface area contributed by atoms with Gasteiger partial charge in [-0.1, -0.05) is 6.08 Å². The number of nitrogens with one attached hydrogen (secondary N) is 1. The van der Waals surface area contributed by atoms with Crippen LogP contribution in [0.4, 0.5) is 4.79 Å². The second-order valence-corrected chi connectivity index (χ2v) is 4.99. The van der Waals surface area contributed by atoms with Gasteiger partial charge in [-0.3, -0.25) is 5.32 Å². The quantitative estimate of drug-likeness (QED) is 0.742. The number of allylic oxidation sites excluding steroid dienone is 2. The van der Waals surface area contributed by atoms with Crippen LogP contribution in [0.25, 0.3) is 0 Å². The van der Waals surface area contributed by atoms with Gasteiger partial charge in [0.25, 0.3) is 0 Å². The summed E-state index contributed by atoms with van der Waals surface area (Å²) in [7, 11) is 1.92. The predicted octanol–water partition coefficient (Wildman–Crippen LogP) is 2.24. The molecule has 0 bridgehead atoms. The van der Waals surface area contributed by atoms with Gasteiger partial charge < -0.3 is 9.64 Å². The van der Waals surface area contributed by atoms with Gasteiger partial charge in [-0.05, 0) is 39.3 Å². The molecule has 0 radical (unpaired) electrons. The molecule has 4 heteroatoms. The van der Waals surface area contributed by atoms with E-state index in [-0.39, 0.29) is 0 Å². The molecule has 1 N–H and O–H groups in total. The Morgan fingerprint density at radius 2 is 2.12 bits per heavy atom. The number of amides is 1. The number of carbonyl (C=O) groups is 1. The number of hydrogen-bond acceptors (Lipinski definition) is 3. The molecule has 0 atom stereocenters. The molecule has 1 heterocycles. The van der Waals surface area contributed by atoms with E-state index in [1.807, 2.05) is 45.7 Å². The van der Waals surface area contributed by atoms with Crippen molar-refractivity contribution < 1.29 is 9.53 Å². The molecule has 1 amide bonds. The molecular weight excluding hydrogens is 204 g/mol. The predicted molar refractivity (Wildman–Crippen MR) is 63.8 cm³/mol. The van der Waals surface area contributed by atoms with E-state index in [4.69, 9.17) is 4.74 Å². The van der Waals surface area contributed by atoms with Gasteiger partial charge in [-0.25, -0.2) is 4.79 Å². The lowest BCUT2D eigenvalue weighted by Crippen LogP contribution is -2.38. The summed E-state index contributed by atoms with van der Waals surface area (Å²) in [6, 6.07) is 0. The first kappa shape index (κ1) is 12.6. The maximum atomic E-state index is 11.6. The van der Waals surface area contributed by atoms with Crippen molar-refractivity contribution in [1.29, 1.82) is 0 Å². The third kappa shape index (κ3) is 3.96. The molecule has 0 spiro atoms. The zero-order valence-electron chi connectivity index (χ0n) is 10.6. The Labute approximate surface area is 97.0 Å². The minimum atomic E-state index is -0.469. The van der Waals surface area contributed by atoms with Crippen LogP contribution >= 0.6 is 0 Å². The van der Waals surface area contributed by atoms with E-state index in [1.54, 1.807) is 0 Å². The normalized spacial score (nSPS) is 16.4. The van der Waals surface area contributed by atoms with Gasteiger partial charge in [0, 0.05) is 13.6 Å². The Hall–Kier alpha value is -1.45. The van der Waals surface area contributed by atoms with Crippen molar-refractivity contribution in [3.05, 3.63) is 23.5 Å². The summed E-state index contributed by atoms with van der Waals surface area (Å²) in [6.07, 6.45) is 3.61. The minimum Gasteiger partial charge on any atom is -0.444 e. The molecular formula is C12H20N2O2. The Balaban J connectivity index is 2.60. The minimum absolute atomic E-state index is 0.416. The summed E-state index contributed by atoms with van der Waals surface area (Å²) >= 11 is 0. The number of rotatable bonds is 1. The molecule has 1 rings (SSSR count). The highest BCUT2D eigenvalue weighted by molar-refractivity contribution is 5.70. The van der Waals surface area contributed by atoms with Crippen molar-refractivity contribution in [2.24, 2.45) is 0 Å². The zero-order valence-corrected chi connectivity index (χ0v) is 10.6. The largest absolute Gasteiger partial charge is 0.444 e. The number of alkyl carbamates (subject to hydrolysis) is 1. The summed E-state index contributed by atoms with van der Waals surface area (Å²) in [6.45, 7) is 8.33. The van der Waals surface area contributed by atoms with Gasteiger partial charge in [0.2, 0.25) is 0 Å². The second-order valence-electron chi connectivity index (χ2n) is 4.99. The lowest BCUT2D eigenvalue weighted by molar-refractivity contribution is 0.0531. The highest BCUT2D eigenvalue weighted by Crippen LogP contribution is 2.12. The molecule has 90 valence electrons. The Kier molecular flexibility index (Phi) is 3.62.